The second-order valence-corrected chi connectivity index (χ2v) is 5.57. The van der Waals surface area contributed by atoms with Gasteiger partial charge in [0.05, 0.1) is 0 Å². The van der Waals surface area contributed by atoms with Crippen molar-refractivity contribution in [3.63, 3.8) is 0 Å². The molecule has 3 rings (SSSR count). The largest absolute Gasteiger partial charge is 0.485 e. The maximum atomic E-state index is 11.8. The van der Waals surface area contributed by atoms with Crippen molar-refractivity contribution in [3.05, 3.63) is 45.5 Å². The van der Waals surface area contributed by atoms with Crippen LogP contribution in [0.15, 0.2) is 33.0 Å². The summed E-state index contributed by atoms with van der Waals surface area (Å²) in [4.78, 5) is 11.8. The average Bonchev–Trinajstić information content (AvgIpc) is 2.35. The third-order valence-electron chi connectivity index (χ3n) is 4.06. The lowest BCUT2D eigenvalue weighted by Crippen LogP contribution is -2.31. The second-order valence-electron chi connectivity index (χ2n) is 5.57. The van der Waals surface area contributed by atoms with Crippen LogP contribution in [0, 0.1) is 12.8 Å². The van der Waals surface area contributed by atoms with E-state index in [0.29, 0.717) is 23.0 Å². The third-order valence-corrected chi connectivity index (χ3v) is 4.06. The predicted octanol–water partition coefficient (Wildman–Crippen LogP) is 3.47. The number of ether oxygens (including phenoxy) is 1. The smallest absolute Gasteiger partial charge is 0.346 e. The van der Waals surface area contributed by atoms with E-state index in [2.05, 4.69) is 13.5 Å². The normalized spacial score (nSPS) is 24.8. The van der Waals surface area contributed by atoms with Crippen molar-refractivity contribution in [2.75, 3.05) is 0 Å². The van der Waals surface area contributed by atoms with Crippen LogP contribution in [0.4, 0.5) is 0 Å². The molecule has 1 aromatic heterocycles. The van der Waals surface area contributed by atoms with E-state index in [9.17, 15) is 4.79 Å². The highest BCUT2D eigenvalue weighted by Crippen LogP contribution is 2.39. The molecule has 19 heavy (non-hydrogen) atoms. The summed E-state index contributed by atoms with van der Waals surface area (Å²) >= 11 is 0. The number of hydrogen-bond acceptors (Lipinski definition) is 3. The van der Waals surface area contributed by atoms with Gasteiger partial charge in [-0.1, -0.05) is 12.2 Å². The van der Waals surface area contributed by atoms with Crippen LogP contribution in [0.2, 0.25) is 0 Å². The molecule has 2 aliphatic rings. The molecule has 1 aliphatic carbocycles. The van der Waals surface area contributed by atoms with Crippen molar-refractivity contribution >= 4 is 6.08 Å². The zero-order valence-electron chi connectivity index (χ0n) is 11.4. The molecule has 0 aromatic carbocycles. The Kier molecular flexibility index (Phi) is 2.85. The van der Waals surface area contributed by atoms with Crippen LogP contribution in [-0.4, -0.2) is 6.10 Å². The van der Waals surface area contributed by atoms with Crippen molar-refractivity contribution in [2.45, 2.75) is 39.2 Å². The highest BCUT2D eigenvalue weighted by atomic mass is 16.5. The maximum absolute atomic E-state index is 11.8. The topological polar surface area (TPSA) is 39.4 Å². The standard InChI is InChI=1S/C16H18O3/c1-9(2)11-4-5-12-7-13-15(19-14(12)8-11)6-10(3)18-16(13)17/h6-7,11,14H,1,4-5,8H2,2-3H3. The molecule has 1 saturated carbocycles. The first-order chi connectivity index (χ1) is 9.04. The molecule has 1 aromatic rings. The molecule has 0 bridgehead atoms. The summed E-state index contributed by atoms with van der Waals surface area (Å²) in [5.41, 5.74) is 2.69. The lowest BCUT2D eigenvalue weighted by Gasteiger charge is -2.34. The van der Waals surface area contributed by atoms with Gasteiger partial charge < -0.3 is 9.15 Å². The van der Waals surface area contributed by atoms with Gasteiger partial charge in [-0.15, -0.1) is 0 Å². The Balaban J connectivity index is 1.97. The number of hydrogen-bond donors (Lipinski definition) is 0. The first-order valence-electron chi connectivity index (χ1n) is 6.72. The van der Waals surface area contributed by atoms with Crippen LogP contribution in [0.25, 0.3) is 6.08 Å². The van der Waals surface area contributed by atoms with E-state index in [1.54, 1.807) is 13.0 Å². The Labute approximate surface area is 112 Å². The highest BCUT2D eigenvalue weighted by molar-refractivity contribution is 5.62. The van der Waals surface area contributed by atoms with Crippen LogP contribution in [0.1, 0.15) is 37.5 Å². The summed E-state index contributed by atoms with van der Waals surface area (Å²) < 4.78 is 11.1. The van der Waals surface area contributed by atoms with Crippen LogP contribution in [-0.2, 0) is 0 Å². The van der Waals surface area contributed by atoms with Crippen LogP contribution >= 0.6 is 0 Å². The molecule has 0 amide bonds. The molecule has 3 heteroatoms. The van der Waals surface area contributed by atoms with Gasteiger partial charge >= 0.3 is 5.63 Å². The molecule has 0 N–H and O–H groups in total. The van der Waals surface area contributed by atoms with Crippen molar-refractivity contribution in [1.82, 2.24) is 0 Å². The monoisotopic (exact) mass is 258 g/mol. The van der Waals surface area contributed by atoms with Crippen LogP contribution in [0.3, 0.4) is 0 Å². The average molecular weight is 258 g/mol. The molecular formula is C16H18O3. The first kappa shape index (κ1) is 12.3. The summed E-state index contributed by atoms with van der Waals surface area (Å²) in [7, 11) is 0. The minimum Gasteiger partial charge on any atom is -0.485 e. The molecule has 2 unspecified atom stereocenters. The minimum atomic E-state index is -0.303. The van der Waals surface area contributed by atoms with E-state index in [-0.39, 0.29) is 11.7 Å². The summed E-state index contributed by atoms with van der Waals surface area (Å²) in [6, 6.07) is 1.80. The number of allylic oxidation sites excluding steroid dienone is 1. The SMILES string of the molecule is C=C(C)C1CCC2=Cc3c(cc(C)oc3=O)OC2C1. The third kappa shape index (κ3) is 2.14. The van der Waals surface area contributed by atoms with Gasteiger partial charge in [0.1, 0.15) is 23.2 Å². The van der Waals surface area contributed by atoms with Crippen molar-refractivity contribution in [1.29, 1.82) is 0 Å². The van der Waals surface area contributed by atoms with E-state index in [1.165, 1.54) is 11.1 Å². The fourth-order valence-corrected chi connectivity index (χ4v) is 2.93. The van der Waals surface area contributed by atoms with Gasteiger partial charge in [0.15, 0.2) is 0 Å². The molecule has 0 spiro atoms. The molecule has 3 nitrogen and oxygen atoms in total. The minimum absolute atomic E-state index is 0.0872. The van der Waals surface area contributed by atoms with Crippen molar-refractivity contribution < 1.29 is 9.15 Å². The van der Waals surface area contributed by atoms with E-state index in [1.807, 2.05) is 6.08 Å². The number of rotatable bonds is 1. The molecule has 0 radical (unpaired) electrons. The van der Waals surface area contributed by atoms with Gasteiger partial charge in [-0.2, -0.15) is 0 Å². The van der Waals surface area contributed by atoms with Crippen molar-refractivity contribution in [3.8, 4) is 5.75 Å². The Bertz CT molecular complexity index is 621. The van der Waals surface area contributed by atoms with Gasteiger partial charge in [0.25, 0.3) is 0 Å². The van der Waals surface area contributed by atoms with Gasteiger partial charge in [0.2, 0.25) is 0 Å². The van der Waals surface area contributed by atoms with E-state index < -0.39 is 0 Å². The maximum Gasteiger partial charge on any atom is 0.346 e. The van der Waals surface area contributed by atoms with Gasteiger partial charge in [0, 0.05) is 6.07 Å². The lowest BCUT2D eigenvalue weighted by molar-refractivity contribution is 0.176. The molecular weight excluding hydrogens is 240 g/mol. The molecule has 100 valence electrons. The van der Waals surface area contributed by atoms with Crippen LogP contribution in [0.5, 0.6) is 5.75 Å². The Morgan fingerprint density at radius 2 is 2.26 bits per heavy atom. The molecule has 0 saturated heterocycles. The molecule has 2 heterocycles. The molecule has 1 fully saturated rings. The Morgan fingerprint density at radius 3 is 3.00 bits per heavy atom. The summed E-state index contributed by atoms with van der Waals surface area (Å²) in [6.07, 6.45) is 5.07. The Hall–Kier alpha value is -1.77. The quantitative estimate of drug-likeness (QED) is 0.724. The van der Waals surface area contributed by atoms with Gasteiger partial charge in [-0.25, -0.2) is 4.79 Å². The molecule has 1 aliphatic heterocycles. The van der Waals surface area contributed by atoms with E-state index in [0.717, 1.165) is 19.3 Å². The summed E-state index contributed by atoms with van der Waals surface area (Å²) in [6.45, 7) is 7.89. The first-order valence-corrected chi connectivity index (χ1v) is 6.72. The Morgan fingerprint density at radius 1 is 1.47 bits per heavy atom. The number of aryl methyl sites for hydroxylation is 1. The zero-order chi connectivity index (χ0) is 13.6. The lowest BCUT2D eigenvalue weighted by atomic mass is 9.79. The second kappa shape index (κ2) is 4.41. The van der Waals surface area contributed by atoms with E-state index in [4.69, 9.17) is 9.15 Å². The van der Waals surface area contributed by atoms with Crippen molar-refractivity contribution in [2.24, 2.45) is 5.92 Å². The summed E-state index contributed by atoms with van der Waals surface area (Å²) in [5, 5.41) is 0. The fraction of sp³-hybridized carbons (Fsp3) is 0.438. The fourth-order valence-electron chi connectivity index (χ4n) is 2.93. The van der Waals surface area contributed by atoms with Gasteiger partial charge in [-0.05, 0) is 50.7 Å². The number of fused-ring (bicyclic) bond motifs is 2. The summed E-state index contributed by atoms with van der Waals surface area (Å²) in [5.74, 6) is 1.77. The van der Waals surface area contributed by atoms with E-state index >= 15 is 0 Å². The zero-order valence-corrected chi connectivity index (χ0v) is 11.4. The van der Waals surface area contributed by atoms with Gasteiger partial charge in [-0.3, -0.25) is 0 Å². The highest BCUT2D eigenvalue weighted by Gasteiger charge is 2.31. The molecule has 2 atom stereocenters. The van der Waals surface area contributed by atoms with Crippen LogP contribution < -0.4 is 10.4 Å². The predicted molar refractivity (Wildman–Crippen MR) is 74.3 cm³/mol.